The number of likely N-dealkylation sites (N-methyl/N-ethyl adjacent to an activating group) is 1. The maximum Gasteiger partial charge on any atom is 0.262 e. The molecule has 142 valence electrons. The number of nitrogens with zero attached hydrogens (tertiary/aromatic N) is 4. The quantitative estimate of drug-likeness (QED) is 0.744. The van der Waals surface area contributed by atoms with Gasteiger partial charge >= 0.3 is 0 Å². The Balaban J connectivity index is 1.58. The number of aromatic nitrogens is 3. The van der Waals surface area contributed by atoms with E-state index in [1.807, 2.05) is 30.3 Å². The Labute approximate surface area is 161 Å². The van der Waals surface area contributed by atoms with Gasteiger partial charge < -0.3 is 15.0 Å². The van der Waals surface area contributed by atoms with Gasteiger partial charge in [0.1, 0.15) is 18.4 Å². The number of carbonyl (C=O) groups excluding carboxylic acids is 2. The first-order chi connectivity index (χ1) is 13.7. The minimum Gasteiger partial charge on any atom is -0.477 e. The van der Waals surface area contributed by atoms with Crippen molar-refractivity contribution in [3.05, 3.63) is 72.3 Å². The molecule has 2 aromatic carbocycles. The molecule has 0 spiro atoms. The molecule has 1 aromatic heterocycles. The molecule has 2 heterocycles. The van der Waals surface area contributed by atoms with Crippen LogP contribution in [0, 0.1) is 0 Å². The minimum atomic E-state index is -0.754. The van der Waals surface area contributed by atoms with Crippen molar-refractivity contribution in [3.8, 4) is 5.75 Å². The fourth-order valence-electron chi connectivity index (χ4n) is 3.13. The molecule has 0 unspecified atom stereocenters. The molecule has 28 heavy (non-hydrogen) atoms. The van der Waals surface area contributed by atoms with E-state index in [-0.39, 0.29) is 18.4 Å². The van der Waals surface area contributed by atoms with E-state index in [4.69, 9.17) is 4.74 Å². The molecule has 0 aliphatic carbocycles. The average molecular weight is 377 g/mol. The Bertz CT molecular complexity index is 985. The fourth-order valence-corrected chi connectivity index (χ4v) is 3.13. The van der Waals surface area contributed by atoms with Crippen molar-refractivity contribution in [2.24, 2.45) is 0 Å². The Morgan fingerprint density at radius 3 is 2.68 bits per heavy atom. The largest absolute Gasteiger partial charge is 0.477 e. The molecule has 0 saturated carbocycles. The molecule has 0 saturated heterocycles. The summed E-state index contributed by atoms with van der Waals surface area (Å²) in [6, 6.07) is 14.5. The first kappa shape index (κ1) is 17.7. The monoisotopic (exact) mass is 377 g/mol. The Morgan fingerprint density at radius 1 is 1.18 bits per heavy atom. The van der Waals surface area contributed by atoms with Crippen LogP contribution in [0.25, 0.3) is 0 Å². The lowest BCUT2D eigenvalue weighted by atomic mass is 10.1. The molecule has 1 aliphatic rings. The van der Waals surface area contributed by atoms with Crippen LogP contribution >= 0.6 is 0 Å². The molecule has 1 atom stereocenters. The van der Waals surface area contributed by atoms with Gasteiger partial charge in [-0.2, -0.15) is 5.10 Å². The van der Waals surface area contributed by atoms with Gasteiger partial charge in [0, 0.05) is 12.6 Å². The molecule has 3 aromatic rings. The third-order valence-corrected chi connectivity index (χ3v) is 4.57. The standard InChI is InChI=1S/C20H19N5O3/c1-21-19(26)18-11-25(16-4-2-3-5-17(16)28-18)20(27)15-8-6-14(7-9-15)10-24-13-22-12-23-24/h2-9,12-13,18H,10-11H2,1H3,(H,21,26)/t18-/m1/s1. The van der Waals surface area contributed by atoms with E-state index in [9.17, 15) is 9.59 Å². The summed E-state index contributed by atoms with van der Waals surface area (Å²) >= 11 is 0. The lowest BCUT2D eigenvalue weighted by Gasteiger charge is -2.34. The molecule has 8 nitrogen and oxygen atoms in total. The number of hydrogen-bond acceptors (Lipinski definition) is 5. The summed E-state index contributed by atoms with van der Waals surface area (Å²) in [5.41, 5.74) is 2.20. The van der Waals surface area contributed by atoms with Crippen LogP contribution in [-0.2, 0) is 11.3 Å². The van der Waals surface area contributed by atoms with Crippen LogP contribution in [0.4, 0.5) is 5.69 Å². The van der Waals surface area contributed by atoms with Crippen molar-refractivity contribution >= 4 is 17.5 Å². The topological polar surface area (TPSA) is 89.4 Å². The number of ether oxygens (including phenoxy) is 1. The summed E-state index contributed by atoms with van der Waals surface area (Å²) in [6.07, 6.45) is 2.37. The fraction of sp³-hybridized carbons (Fsp3) is 0.200. The van der Waals surface area contributed by atoms with Crippen LogP contribution in [0.1, 0.15) is 15.9 Å². The van der Waals surface area contributed by atoms with Gasteiger partial charge in [0.25, 0.3) is 11.8 Å². The molecule has 0 radical (unpaired) electrons. The van der Waals surface area contributed by atoms with Gasteiger partial charge in [-0.3, -0.25) is 9.59 Å². The maximum absolute atomic E-state index is 13.2. The minimum absolute atomic E-state index is 0.149. The van der Waals surface area contributed by atoms with Crippen molar-refractivity contribution in [3.63, 3.8) is 0 Å². The highest BCUT2D eigenvalue weighted by Crippen LogP contribution is 2.34. The highest BCUT2D eigenvalue weighted by atomic mass is 16.5. The van der Waals surface area contributed by atoms with Crippen molar-refractivity contribution in [2.45, 2.75) is 12.6 Å². The smallest absolute Gasteiger partial charge is 0.262 e. The second-order valence-corrected chi connectivity index (χ2v) is 6.39. The molecule has 2 amide bonds. The molecule has 0 bridgehead atoms. The normalized spacial score (nSPS) is 15.5. The Hall–Kier alpha value is -3.68. The average Bonchev–Trinajstić information content (AvgIpc) is 3.25. The Morgan fingerprint density at radius 2 is 1.96 bits per heavy atom. The van der Waals surface area contributed by atoms with Crippen LogP contribution in [0.15, 0.2) is 61.2 Å². The predicted octanol–water partition coefficient (Wildman–Crippen LogP) is 1.48. The summed E-state index contributed by atoms with van der Waals surface area (Å²) in [5.74, 6) is 0.0611. The van der Waals surface area contributed by atoms with Crippen molar-refractivity contribution in [2.75, 3.05) is 18.5 Å². The summed E-state index contributed by atoms with van der Waals surface area (Å²) < 4.78 is 7.47. The summed E-state index contributed by atoms with van der Waals surface area (Å²) in [6.45, 7) is 0.726. The number of amides is 2. The van der Waals surface area contributed by atoms with Crippen LogP contribution < -0.4 is 15.0 Å². The SMILES string of the molecule is CNC(=O)[C@H]1CN(C(=O)c2ccc(Cn3cncn3)cc2)c2ccccc2O1. The van der Waals surface area contributed by atoms with E-state index in [1.54, 1.807) is 41.2 Å². The lowest BCUT2D eigenvalue weighted by Crippen LogP contribution is -2.50. The molecular formula is C20H19N5O3. The van der Waals surface area contributed by atoms with Gasteiger partial charge in [-0.15, -0.1) is 0 Å². The van der Waals surface area contributed by atoms with Gasteiger partial charge in [0.15, 0.2) is 6.10 Å². The van der Waals surface area contributed by atoms with E-state index in [1.165, 1.54) is 6.33 Å². The first-order valence-corrected chi connectivity index (χ1v) is 8.86. The molecular weight excluding hydrogens is 358 g/mol. The zero-order valence-electron chi connectivity index (χ0n) is 15.3. The number of carbonyl (C=O) groups is 2. The van der Waals surface area contributed by atoms with E-state index in [0.717, 1.165) is 5.56 Å². The molecule has 1 N–H and O–H groups in total. The number of para-hydroxylation sites is 2. The van der Waals surface area contributed by atoms with Crippen LogP contribution in [0.3, 0.4) is 0 Å². The number of rotatable bonds is 4. The second kappa shape index (κ2) is 7.51. The van der Waals surface area contributed by atoms with Crippen LogP contribution in [-0.4, -0.2) is 46.3 Å². The first-order valence-electron chi connectivity index (χ1n) is 8.86. The van der Waals surface area contributed by atoms with Gasteiger partial charge in [-0.05, 0) is 29.8 Å². The van der Waals surface area contributed by atoms with E-state index < -0.39 is 6.10 Å². The predicted molar refractivity (Wildman–Crippen MR) is 102 cm³/mol. The van der Waals surface area contributed by atoms with E-state index in [2.05, 4.69) is 15.4 Å². The zero-order valence-corrected chi connectivity index (χ0v) is 15.3. The van der Waals surface area contributed by atoms with Crippen molar-refractivity contribution < 1.29 is 14.3 Å². The van der Waals surface area contributed by atoms with Crippen molar-refractivity contribution in [1.82, 2.24) is 20.1 Å². The summed E-state index contributed by atoms with van der Waals surface area (Å²) in [7, 11) is 1.55. The number of fused-ring (bicyclic) bond motifs is 1. The number of anilines is 1. The van der Waals surface area contributed by atoms with Crippen molar-refractivity contribution in [1.29, 1.82) is 0 Å². The second-order valence-electron chi connectivity index (χ2n) is 6.39. The molecule has 1 aliphatic heterocycles. The van der Waals surface area contributed by atoms with Crippen LogP contribution in [0.2, 0.25) is 0 Å². The molecule has 4 rings (SSSR count). The summed E-state index contributed by atoms with van der Waals surface area (Å²) in [4.78, 5) is 30.8. The van der Waals surface area contributed by atoms with Gasteiger partial charge in [-0.25, -0.2) is 9.67 Å². The van der Waals surface area contributed by atoms with Gasteiger partial charge in [-0.1, -0.05) is 24.3 Å². The lowest BCUT2D eigenvalue weighted by molar-refractivity contribution is -0.127. The van der Waals surface area contributed by atoms with E-state index in [0.29, 0.717) is 23.5 Å². The maximum atomic E-state index is 13.2. The van der Waals surface area contributed by atoms with Gasteiger partial charge in [0.2, 0.25) is 0 Å². The number of nitrogens with one attached hydrogen (secondary N) is 1. The third-order valence-electron chi connectivity index (χ3n) is 4.57. The van der Waals surface area contributed by atoms with E-state index >= 15 is 0 Å². The molecule has 8 heteroatoms. The van der Waals surface area contributed by atoms with Gasteiger partial charge in [0.05, 0.1) is 18.8 Å². The van der Waals surface area contributed by atoms with Crippen LogP contribution in [0.5, 0.6) is 5.75 Å². The number of hydrogen-bond donors (Lipinski definition) is 1. The highest BCUT2D eigenvalue weighted by Gasteiger charge is 2.33. The highest BCUT2D eigenvalue weighted by molar-refractivity contribution is 6.07. The summed E-state index contributed by atoms with van der Waals surface area (Å²) in [5, 5.41) is 6.66. The Kier molecular flexibility index (Phi) is 4.76. The number of benzene rings is 2. The third kappa shape index (κ3) is 3.44. The molecule has 0 fully saturated rings. The zero-order chi connectivity index (χ0) is 19.5.